The minimum atomic E-state index is 0.364. The predicted octanol–water partition coefficient (Wildman–Crippen LogP) is 3.78. The van der Waals surface area contributed by atoms with Gasteiger partial charge in [0.25, 0.3) is 0 Å². The second kappa shape index (κ2) is 7.56. The molecule has 4 nitrogen and oxygen atoms in total. The zero-order valence-electron chi connectivity index (χ0n) is 12.1. The first-order valence-corrected chi connectivity index (χ1v) is 8.11. The zero-order chi connectivity index (χ0) is 15.2. The summed E-state index contributed by atoms with van der Waals surface area (Å²) in [5.74, 6) is 0. The van der Waals surface area contributed by atoms with Crippen molar-refractivity contribution in [1.29, 1.82) is 0 Å². The fourth-order valence-corrected chi connectivity index (χ4v) is 2.37. The summed E-state index contributed by atoms with van der Waals surface area (Å²) < 4.78 is 2.97. The number of benzene rings is 1. The molecular weight excluding hydrogens is 348 g/mol. The number of rotatable bonds is 5. The van der Waals surface area contributed by atoms with Crippen LogP contribution in [0, 0.1) is 0 Å². The molecule has 2 N–H and O–H groups in total. The van der Waals surface area contributed by atoms with Gasteiger partial charge < -0.3 is 10.6 Å². The molecular formula is C15H19BrN4S. The van der Waals surface area contributed by atoms with Crippen LogP contribution in [0.1, 0.15) is 25.8 Å². The van der Waals surface area contributed by atoms with Gasteiger partial charge in [-0.3, -0.25) is 4.68 Å². The lowest BCUT2D eigenvalue weighted by molar-refractivity contribution is 0.646. The largest absolute Gasteiger partial charge is 0.360 e. The Morgan fingerprint density at radius 1 is 1.38 bits per heavy atom. The minimum absolute atomic E-state index is 0.364. The summed E-state index contributed by atoms with van der Waals surface area (Å²) in [6, 6.07) is 8.58. The quantitative estimate of drug-likeness (QED) is 0.790. The van der Waals surface area contributed by atoms with Gasteiger partial charge in [0.1, 0.15) is 0 Å². The van der Waals surface area contributed by atoms with E-state index in [2.05, 4.69) is 57.6 Å². The van der Waals surface area contributed by atoms with E-state index in [4.69, 9.17) is 12.2 Å². The highest BCUT2D eigenvalue weighted by molar-refractivity contribution is 9.10. The molecule has 1 atom stereocenters. The number of thiocarbonyl (C=S) groups is 1. The smallest absolute Gasteiger partial charge is 0.171 e. The molecule has 0 aliphatic heterocycles. The van der Waals surface area contributed by atoms with Gasteiger partial charge in [0.15, 0.2) is 5.11 Å². The summed E-state index contributed by atoms with van der Waals surface area (Å²) in [7, 11) is 0. The lowest BCUT2D eigenvalue weighted by atomic mass is 10.2. The summed E-state index contributed by atoms with van der Waals surface area (Å²) in [5.41, 5.74) is 2.10. The molecule has 0 spiro atoms. The molecule has 0 aliphatic carbocycles. The molecule has 6 heteroatoms. The molecule has 112 valence electrons. The Morgan fingerprint density at radius 2 is 2.10 bits per heavy atom. The van der Waals surface area contributed by atoms with Gasteiger partial charge in [0.05, 0.1) is 18.4 Å². The Hall–Kier alpha value is -1.40. The monoisotopic (exact) mass is 366 g/mol. The molecule has 0 aliphatic rings. The lowest BCUT2D eigenvalue weighted by Gasteiger charge is -2.14. The van der Waals surface area contributed by atoms with Crippen LogP contribution in [-0.2, 0) is 6.54 Å². The topological polar surface area (TPSA) is 41.9 Å². The van der Waals surface area contributed by atoms with Crippen molar-refractivity contribution in [1.82, 2.24) is 15.1 Å². The Kier molecular flexibility index (Phi) is 5.76. The molecule has 0 saturated carbocycles. The van der Waals surface area contributed by atoms with Crippen LogP contribution >= 0.6 is 28.1 Å². The molecule has 0 bridgehead atoms. The average Bonchev–Trinajstić information content (AvgIpc) is 2.88. The highest BCUT2D eigenvalue weighted by Gasteiger charge is 2.04. The Bertz CT molecular complexity index is 594. The van der Waals surface area contributed by atoms with E-state index >= 15 is 0 Å². The fourth-order valence-electron chi connectivity index (χ4n) is 1.78. The van der Waals surface area contributed by atoms with E-state index < -0.39 is 0 Å². The summed E-state index contributed by atoms with van der Waals surface area (Å²) in [6.07, 6.45) is 4.76. The van der Waals surface area contributed by atoms with Crippen LogP contribution in [0.15, 0.2) is 41.1 Å². The third kappa shape index (κ3) is 5.13. The third-order valence-electron chi connectivity index (χ3n) is 3.14. The maximum absolute atomic E-state index is 5.27. The average molecular weight is 367 g/mol. The molecule has 1 aromatic heterocycles. The van der Waals surface area contributed by atoms with Crippen LogP contribution in [0.4, 0.5) is 5.69 Å². The van der Waals surface area contributed by atoms with E-state index in [0.717, 1.165) is 23.1 Å². The van der Waals surface area contributed by atoms with Crippen molar-refractivity contribution < 1.29 is 0 Å². The Morgan fingerprint density at radius 3 is 2.76 bits per heavy atom. The van der Waals surface area contributed by atoms with Gasteiger partial charge in [-0.2, -0.15) is 5.10 Å². The Balaban J connectivity index is 1.92. The number of anilines is 1. The van der Waals surface area contributed by atoms with Crippen molar-refractivity contribution in [3.05, 3.63) is 46.7 Å². The zero-order valence-corrected chi connectivity index (χ0v) is 14.5. The van der Waals surface area contributed by atoms with Crippen molar-refractivity contribution in [3.8, 4) is 0 Å². The van der Waals surface area contributed by atoms with E-state index in [1.54, 1.807) is 6.20 Å². The van der Waals surface area contributed by atoms with Crippen LogP contribution in [0.25, 0.3) is 0 Å². The summed E-state index contributed by atoms with van der Waals surface area (Å²) >= 11 is 8.70. The maximum atomic E-state index is 5.27. The summed E-state index contributed by atoms with van der Waals surface area (Å²) in [6.45, 7) is 4.96. The summed E-state index contributed by atoms with van der Waals surface area (Å²) in [4.78, 5) is 0. The number of nitrogens with zero attached hydrogens (tertiary/aromatic N) is 2. The van der Waals surface area contributed by atoms with Gasteiger partial charge in [-0.15, -0.1) is 0 Å². The van der Waals surface area contributed by atoms with E-state index in [1.807, 2.05) is 23.0 Å². The van der Waals surface area contributed by atoms with E-state index in [0.29, 0.717) is 11.2 Å². The third-order valence-corrected chi connectivity index (χ3v) is 3.89. The maximum Gasteiger partial charge on any atom is 0.171 e. The highest BCUT2D eigenvalue weighted by atomic mass is 79.9. The van der Waals surface area contributed by atoms with Gasteiger partial charge in [-0.05, 0) is 43.3 Å². The van der Waals surface area contributed by atoms with Crippen molar-refractivity contribution in [2.24, 2.45) is 0 Å². The SMILES string of the molecule is CCC(C)NC(=S)Nc1cnn(Cc2ccc(Br)cc2)c1. The fraction of sp³-hybridized carbons (Fsp3) is 0.333. The van der Waals surface area contributed by atoms with Crippen LogP contribution < -0.4 is 10.6 Å². The molecule has 0 fully saturated rings. The predicted molar refractivity (Wildman–Crippen MR) is 94.6 cm³/mol. The van der Waals surface area contributed by atoms with E-state index in [1.165, 1.54) is 5.56 Å². The number of hydrogen-bond acceptors (Lipinski definition) is 2. The van der Waals surface area contributed by atoms with Gasteiger partial charge in [0.2, 0.25) is 0 Å². The summed E-state index contributed by atoms with van der Waals surface area (Å²) in [5, 5.41) is 11.3. The number of halogens is 1. The first-order chi connectivity index (χ1) is 10.1. The van der Waals surface area contributed by atoms with E-state index in [-0.39, 0.29) is 0 Å². The molecule has 0 radical (unpaired) electrons. The van der Waals surface area contributed by atoms with Crippen LogP contribution in [0.3, 0.4) is 0 Å². The van der Waals surface area contributed by atoms with Crippen LogP contribution in [-0.4, -0.2) is 20.9 Å². The van der Waals surface area contributed by atoms with Crippen molar-refractivity contribution in [2.75, 3.05) is 5.32 Å². The van der Waals surface area contributed by atoms with E-state index in [9.17, 15) is 0 Å². The first kappa shape index (κ1) is 16.0. The standard InChI is InChI=1S/C15H19BrN4S/c1-3-11(2)18-15(21)19-14-8-17-20(10-14)9-12-4-6-13(16)7-5-12/h4-8,10-11H,3,9H2,1-2H3,(H2,18,19,21). The molecule has 1 unspecified atom stereocenters. The second-order valence-corrected chi connectivity index (χ2v) is 6.28. The molecule has 1 heterocycles. The van der Waals surface area contributed by atoms with Gasteiger partial charge in [0, 0.05) is 16.7 Å². The van der Waals surface area contributed by atoms with Gasteiger partial charge >= 0.3 is 0 Å². The van der Waals surface area contributed by atoms with Gasteiger partial charge in [-0.25, -0.2) is 0 Å². The molecule has 2 rings (SSSR count). The van der Waals surface area contributed by atoms with Crippen LogP contribution in [0.5, 0.6) is 0 Å². The number of aromatic nitrogens is 2. The molecule has 0 saturated heterocycles. The van der Waals surface area contributed by atoms with Crippen LogP contribution in [0.2, 0.25) is 0 Å². The molecule has 0 amide bonds. The highest BCUT2D eigenvalue weighted by Crippen LogP contribution is 2.12. The van der Waals surface area contributed by atoms with Crippen molar-refractivity contribution in [3.63, 3.8) is 0 Å². The first-order valence-electron chi connectivity index (χ1n) is 6.91. The van der Waals surface area contributed by atoms with Crippen molar-refractivity contribution >= 4 is 38.9 Å². The minimum Gasteiger partial charge on any atom is -0.360 e. The molecule has 21 heavy (non-hydrogen) atoms. The number of nitrogens with one attached hydrogen (secondary N) is 2. The second-order valence-electron chi connectivity index (χ2n) is 4.96. The van der Waals surface area contributed by atoms with Gasteiger partial charge in [-0.1, -0.05) is 35.0 Å². The Labute approximate surface area is 139 Å². The number of hydrogen-bond donors (Lipinski definition) is 2. The molecule has 2 aromatic rings. The molecule has 1 aromatic carbocycles. The normalized spacial score (nSPS) is 12.0. The van der Waals surface area contributed by atoms with Crippen molar-refractivity contribution in [2.45, 2.75) is 32.9 Å². The lowest BCUT2D eigenvalue weighted by Crippen LogP contribution is -2.35.